The van der Waals surface area contributed by atoms with Gasteiger partial charge >= 0.3 is 0 Å². The Balaban J connectivity index is 1.57. The zero-order valence-corrected chi connectivity index (χ0v) is 22.4. The number of aromatic nitrogens is 1. The maximum atomic E-state index is 13.4. The zero-order valence-electron chi connectivity index (χ0n) is 22.4. The Morgan fingerprint density at radius 3 is 2.49 bits per heavy atom. The van der Waals surface area contributed by atoms with Crippen LogP contribution in [-0.4, -0.2) is 67.4 Å². The molecule has 0 saturated carbocycles. The van der Waals surface area contributed by atoms with Crippen molar-refractivity contribution in [2.75, 3.05) is 50.0 Å². The first-order chi connectivity index (χ1) is 17.8. The smallest absolute Gasteiger partial charge is 0.163 e. The average molecular weight is 500 g/mol. The highest BCUT2D eigenvalue weighted by atomic mass is 16.1. The molecule has 0 atom stereocenters. The van der Waals surface area contributed by atoms with Crippen molar-refractivity contribution in [1.82, 2.24) is 9.88 Å². The molecule has 37 heavy (non-hydrogen) atoms. The van der Waals surface area contributed by atoms with Crippen LogP contribution in [0.5, 0.6) is 0 Å². The van der Waals surface area contributed by atoms with Crippen molar-refractivity contribution >= 4 is 29.3 Å². The maximum absolute atomic E-state index is 13.4. The molecule has 1 aromatic heterocycles. The molecule has 2 heterocycles. The lowest BCUT2D eigenvalue weighted by Crippen LogP contribution is -2.46. The number of Topliss-reactive ketones (excluding diaryl/α,β-unsaturated/α-hetero) is 2. The highest BCUT2D eigenvalue weighted by molar-refractivity contribution is 6.08. The van der Waals surface area contributed by atoms with Crippen molar-refractivity contribution in [1.29, 1.82) is 5.41 Å². The SMILES string of the molecule is CCN1CCN(c2ccc(-c3cc(NC)c(C=N)c(C(=O)CCC4=C(C)C=C(C)CC4=O)c3)cn2)CC1. The molecule has 1 aromatic carbocycles. The van der Waals surface area contributed by atoms with Crippen LogP contribution < -0.4 is 10.2 Å². The lowest BCUT2D eigenvalue weighted by atomic mass is 9.88. The minimum absolute atomic E-state index is 0.0744. The highest BCUT2D eigenvalue weighted by Crippen LogP contribution is 2.31. The number of allylic oxidation sites excluding steroid dienone is 4. The van der Waals surface area contributed by atoms with Crippen LogP contribution in [0.25, 0.3) is 11.1 Å². The molecule has 194 valence electrons. The summed E-state index contributed by atoms with van der Waals surface area (Å²) in [6.07, 6.45) is 6.17. The van der Waals surface area contributed by atoms with Gasteiger partial charge in [0.2, 0.25) is 0 Å². The maximum Gasteiger partial charge on any atom is 0.163 e. The molecular formula is C30H37N5O2. The van der Waals surface area contributed by atoms with Crippen LogP contribution in [0.4, 0.5) is 11.5 Å². The quantitative estimate of drug-likeness (QED) is 0.367. The predicted molar refractivity (Wildman–Crippen MR) is 151 cm³/mol. The van der Waals surface area contributed by atoms with Crippen LogP contribution in [0.2, 0.25) is 0 Å². The number of nitrogens with zero attached hydrogens (tertiary/aromatic N) is 3. The van der Waals surface area contributed by atoms with E-state index in [1.807, 2.05) is 50.4 Å². The molecule has 2 N–H and O–H groups in total. The monoisotopic (exact) mass is 499 g/mol. The number of hydrogen-bond acceptors (Lipinski definition) is 7. The summed E-state index contributed by atoms with van der Waals surface area (Å²) in [5.41, 5.74) is 6.29. The minimum Gasteiger partial charge on any atom is -0.388 e. The van der Waals surface area contributed by atoms with E-state index in [4.69, 9.17) is 10.4 Å². The molecule has 0 spiro atoms. The molecule has 0 bridgehead atoms. The van der Waals surface area contributed by atoms with Gasteiger partial charge in [0.25, 0.3) is 0 Å². The number of piperazine rings is 1. The van der Waals surface area contributed by atoms with Crippen LogP contribution >= 0.6 is 0 Å². The predicted octanol–water partition coefficient (Wildman–Crippen LogP) is 5.13. The Morgan fingerprint density at radius 1 is 1.14 bits per heavy atom. The van der Waals surface area contributed by atoms with Crippen molar-refractivity contribution in [3.8, 4) is 11.1 Å². The standard InChI is InChI=1S/C30H37N5O2/c1-5-34-10-12-35(13-11-34)30-9-6-22(19-33-30)23-16-25(26(18-31)27(17-23)32-4)28(36)8-7-24-21(3)14-20(2)15-29(24)37/h6,9,14,16-19,31-32H,5,7-8,10-13,15H2,1-4H3. The zero-order chi connectivity index (χ0) is 26.5. The molecule has 7 heteroatoms. The van der Waals surface area contributed by atoms with E-state index in [1.165, 1.54) is 6.21 Å². The fourth-order valence-corrected chi connectivity index (χ4v) is 5.25. The number of ketones is 2. The van der Waals surface area contributed by atoms with Crippen LogP contribution in [0, 0.1) is 5.41 Å². The number of benzene rings is 1. The first-order valence-electron chi connectivity index (χ1n) is 13.1. The Hall–Kier alpha value is -3.58. The molecule has 1 saturated heterocycles. The van der Waals surface area contributed by atoms with Gasteiger partial charge in [0.15, 0.2) is 11.6 Å². The number of rotatable bonds is 9. The number of anilines is 2. The average Bonchev–Trinajstić information content (AvgIpc) is 2.91. The van der Waals surface area contributed by atoms with Gasteiger partial charge in [-0.1, -0.05) is 18.6 Å². The van der Waals surface area contributed by atoms with Gasteiger partial charge in [-0.2, -0.15) is 0 Å². The molecule has 7 nitrogen and oxygen atoms in total. The lowest BCUT2D eigenvalue weighted by Gasteiger charge is -2.34. The summed E-state index contributed by atoms with van der Waals surface area (Å²) in [6, 6.07) is 7.90. The first-order valence-corrected chi connectivity index (χ1v) is 13.1. The third-order valence-corrected chi connectivity index (χ3v) is 7.44. The number of pyridine rings is 1. The summed E-state index contributed by atoms with van der Waals surface area (Å²) >= 11 is 0. The van der Waals surface area contributed by atoms with Gasteiger partial charge in [-0.05, 0) is 67.8 Å². The second-order valence-electron chi connectivity index (χ2n) is 9.88. The molecule has 1 aliphatic heterocycles. The van der Waals surface area contributed by atoms with Crippen LogP contribution in [0.3, 0.4) is 0 Å². The fourth-order valence-electron chi connectivity index (χ4n) is 5.25. The minimum atomic E-state index is -0.0744. The van der Waals surface area contributed by atoms with Gasteiger partial charge in [-0.3, -0.25) is 9.59 Å². The van der Waals surface area contributed by atoms with Crippen molar-refractivity contribution in [3.63, 3.8) is 0 Å². The van der Waals surface area contributed by atoms with E-state index >= 15 is 0 Å². The number of likely N-dealkylation sites (N-methyl/N-ethyl adjacent to an activating group) is 1. The topological polar surface area (TPSA) is 89.4 Å². The van der Waals surface area contributed by atoms with Crippen LogP contribution in [-0.2, 0) is 4.79 Å². The molecule has 1 aliphatic carbocycles. The summed E-state index contributed by atoms with van der Waals surface area (Å²) in [5.74, 6) is 0.991. The summed E-state index contributed by atoms with van der Waals surface area (Å²) in [5, 5.41) is 11.1. The van der Waals surface area contributed by atoms with Crippen molar-refractivity contribution in [2.24, 2.45) is 0 Å². The van der Waals surface area contributed by atoms with Crippen LogP contribution in [0.1, 0.15) is 56.0 Å². The van der Waals surface area contributed by atoms with E-state index in [2.05, 4.69) is 22.0 Å². The van der Waals surface area contributed by atoms with E-state index in [0.29, 0.717) is 24.0 Å². The molecule has 4 rings (SSSR count). The van der Waals surface area contributed by atoms with E-state index in [9.17, 15) is 9.59 Å². The van der Waals surface area contributed by atoms with Gasteiger partial charge in [0.05, 0.1) is 0 Å². The number of nitrogens with one attached hydrogen (secondary N) is 2. The Morgan fingerprint density at radius 2 is 1.89 bits per heavy atom. The van der Waals surface area contributed by atoms with E-state index in [-0.39, 0.29) is 18.0 Å². The summed E-state index contributed by atoms with van der Waals surface area (Å²) in [7, 11) is 1.79. The molecule has 0 radical (unpaired) electrons. The number of carbonyl (C=O) groups is 2. The third-order valence-electron chi connectivity index (χ3n) is 7.44. The summed E-state index contributed by atoms with van der Waals surface area (Å²) in [6.45, 7) is 11.2. The van der Waals surface area contributed by atoms with Crippen LogP contribution in [0.15, 0.2) is 53.3 Å². The second kappa shape index (κ2) is 11.6. The Bertz CT molecular complexity index is 1250. The largest absolute Gasteiger partial charge is 0.388 e. The Labute approximate surface area is 219 Å². The van der Waals surface area contributed by atoms with Crippen molar-refractivity contribution < 1.29 is 9.59 Å². The normalized spacial score (nSPS) is 16.6. The van der Waals surface area contributed by atoms with E-state index < -0.39 is 0 Å². The van der Waals surface area contributed by atoms with Gasteiger partial charge in [-0.15, -0.1) is 0 Å². The van der Waals surface area contributed by atoms with Gasteiger partial charge in [0.1, 0.15) is 5.82 Å². The highest BCUT2D eigenvalue weighted by Gasteiger charge is 2.22. The number of carbonyl (C=O) groups excluding carboxylic acids is 2. The van der Waals surface area contributed by atoms with Crippen molar-refractivity contribution in [2.45, 2.75) is 40.0 Å². The summed E-state index contributed by atoms with van der Waals surface area (Å²) < 4.78 is 0. The molecule has 2 aliphatic rings. The van der Waals surface area contributed by atoms with Gasteiger partial charge in [0, 0.05) is 80.9 Å². The lowest BCUT2D eigenvalue weighted by molar-refractivity contribution is -0.115. The first kappa shape index (κ1) is 26.5. The fraction of sp³-hybridized carbons (Fsp3) is 0.400. The molecular weight excluding hydrogens is 462 g/mol. The molecule has 0 unspecified atom stereocenters. The van der Waals surface area contributed by atoms with E-state index in [1.54, 1.807) is 7.05 Å². The summed E-state index contributed by atoms with van der Waals surface area (Å²) in [4.78, 5) is 35.4. The Kier molecular flexibility index (Phi) is 8.34. The second-order valence-corrected chi connectivity index (χ2v) is 9.88. The molecule has 2 aromatic rings. The third kappa shape index (κ3) is 5.88. The number of hydrogen-bond donors (Lipinski definition) is 2. The van der Waals surface area contributed by atoms with Gasteiger partial charge < -0.3 is 20.5 Å². The van der Waals surface area contributed by atoms with Crippen molar-refractivity contribution in [3.05, 3.63) is 64.4 Å². The molecule has 0 amide bonds. The van der Waals surface area contributed by atoms with E-state index in [0.717, 1.165) is 72.1 Å². The molecule has 1 fully saturated rings. The van der Waals surface area contributed by atoms with Gasteiger partial charge in [-0.25, -0.2) is 4.98 Å².